The van der Waals surface area contributed by atoms with Crippen molar-refractivity contribution in [3.8, 4) is 0 Å². The van der Waals surface area contributed by atoms with E-state index in [9.17, 15) is 40.5 Å². The van der Waals surface area contributed by atoms with Crippen LogP contribution in [0.1, 0.15) is 194 Å². The van der Waals surface area contributed by atoms with E-state index in [1.807, 2.05) is 0 Å². The molecule has 0 aromatic carbocycles. The molecule has 9 unspecified atom stereocenters. The fourth-order valence-electron chi connectivity index (χ4n) is 7.38. The molecule has 9 atom stereocenters. The third kappa shape index (κ3) is 27.8. The Balaban J connectivity index is 2.43. The highest BCUT2D eigenvalue weighted by atomic mass is 16.7. The molecule has 11 nitrogen and oxygen atoms in total. The summed E-state index contributed by atoms with van der Waals surface area (Å²) in [6.45, 7) is 3.36. The molecule has 0 aromatic heterocycles. The van der Waals surface area contributed by atoms with Crippen molar-refractivity contribution in [1.82, 2.24) is 5.32 Å². The molecule has 11 heteroatoms. The number of hydrogen-bond acceptors (Lipinski definition) is 10. The lowest BCUT2D eigenvalue weighted by Crippen LogP contribution is -2.60. The Morgan fingerprint density at radius 2 is 1.03 bits per heavy atom. The fraction of sp³-hybridized carbons (Fsp3) is 0.854. The molecule has 0 aliphatic carbocycles. The molecule has 1 saturated heterocycles. The Labute approximate surface area is 358 Å². The van der Waals surface area contributed by atoms with Crippen LogP contribution in [0.5, 0.6) is 0 Å². The molecule has 1 heterocycles. The summed E-state index contributed by atoms with van der Waals surface area (Å²) >= 11 is 0. The lowest BCUT2D eigenvalue weighted by atomic mass is 9.98. The first-order chi connectivity index (χ1) is 28.7. The summed E-state index contributed by atoms with van der Waals surface area (Å²) in [4.78, 5) is 13.0. The maximum atomic E-state index is 13.0. The van der Waals surface area contributed by atoms with Gasteiger partial charge in [-0.3, -0.25) is 4.79 Å². The van der Waals surface area contributed by atoms with Crippen LogP contribution in [0.4, 0.5) is 0 Å². The third-order valence-electron chi connectivity index (χ3n) is 11.4. The number of amides is 1. The summed E-state index contributed by atoms with van der Waals surface area (Å²) in [6, 6.07) is -1.19. The first-order valence-electron chi connectivity index (χ1n) is 23.9. The summed E-state index contributed by atoms with van der Waals surface area (Å²) in [5, 5.41) is 75.5. The number of allylic oxidation sites excluding steroid dienone is 6. The highest BCUT2D eigenvalue weighted by Gasteiger charge is 2.44. The smallest absolute Gasteiger partial charge is 0.249 e. The second-order valence-corrected chi connectivity index (χ2v) is 16.8. The molecule has 1 aliphatic rings. The number of ether oxygens (including phenoxy) is 2. The van der Waals surface area contributed by atoms with Crippen LogP contribution in [-0.2, 0) is 14.3 Å². The molecule has 346 valence electrons. The number of aliphatic hydroxyl groups excluding tert-OH is 7. The molecule has 59 heavy (non-hydrogen) atoms. The van der Waals surface area contributed by atoms with E-state index in [1.165, 1.54) is 96.3 Å². The lowest BCUT2D eigenvalue weighted by Gasteiger charge is -2.40. The van der Waals surface area contributed by atoms with Gasteiger partial charge in [0.25, 0.3) is 0 Å². The van der Waals surface area contributed by atoms with Crippen molar-refractivity contribution in [3.63, 3.8) is 0 Å². The van der Waals surface area contributed by atoms with Gasteiger partial charge in [-0.2, -0.15) is 0 Å². The Morgan fingerprint density at radius 1 is 0.576 bits per heavy atom. The van der Waals surface area contributed by atoms with Crippen LogP contribution in [0.2, 0.25) is 0 Å². The number of unbranched alkanes of at least 4 members (excludes halogenated alkanes) is 21. The first kappa shape index (κ1) is 55.3. The van der Waals surface area contributed by atoms with Crippen LogP contribution in [0.25, 0.3) is 0 Å². The molecule has 1 rings (SSSR count). The number of aliphatic hydroxyl groups is 7. The van der Waals surface area contributed by atoms with E-state index in [0.717, 1.165) is 51.4 Å². The second kappa shape index (κ2) is 38.0. The van der Waals surface area contributed by atoms with Crippen molar-refractivity contribution in [2.24, 2.45) is 0 Å². The minimum atomic E-state index is -1.67. The molecular formula is C48H89NO10. The van der Waals surface area contributed by atoms with E-state index in [0.29, 0.717) is 19.3 Å². The van der Waals surface area contributed by atoms with E-state index < -0.39 is 74.2 Å². The van der Waals surface area contributed by atoms with Gasteiger partial charge in [0, 0.05) is 0 Å². The third-order valence-corrected chi connectivity index (χ3v) is 11.4. The average molecular weight is 840 g/mol. The normalized spacial score (nSPS) is 22.1. The number of nitrogens with one attached hydrogen (secondary N) is 1. The van der Waals surface area contributed by atoms with E-state index in [-0.39, 0.29) is 12.8 Å². The second-order valence-electron chi connectivity index (χ2n) is 16.8. The van der Waals surface area contributed by atoms with E-state index >= 15 is 0 Å². The van der Waals surface area contributed by atoms with E-state index in [4.69, 9.17) is 9.47 Å². The number of carbonyl (C=O) groups is 1. The van der Waals surface area contributed by atoms with Crippen LogP contribution >= 0.6 is 0 Å². The summed E-state index contributed by atoms with van der Waals surface area (Å²) in [7, 11) is 0. The first-order valence-corrected chi connectivity index (χ1v) is 23.9. The van der Waals surface area contributed by atoms with E-state index in [2.05, 4.69) is 55.6 Å². The lowest BCUT2D eigenvalue weighted by molar-refractivity contribution is -0.303. The highest BCUT2D eigenvalue weighted by Crippen LogP contribution is 2.23. The molecule has 0 radical (unpaired) electrons. The summed E-state index contributed by atoms with van der Waals surface area (Å²) in [5.74, 6) is -0.723. The van der Waals surface area contributed by atoms with Gasteiger partial charge in [-0.25, -0.2) is 0 Å². The molecule has 0 aromatic rings. The Morgan fingerprint density at radius 3 is 1.56 bits per heavy atom. The fourth-order valence-corrected chi connectivity index (χ4v) is 7.38. The highest BCUT2D eigenvalue weighted by molar-refractivity contribution is 5.80. The molecule has 1 fully saturated rings. The van der Waals surface area contributed by atoms with E-state index in [1.54, 1.807) is 0 Å². The van der Waals surface area contributed by atoms with Crippen molar-refractivity contribution in [3.05, 3.63) is 36.5 Å². The van der Waals surface area contributed by atoms with Gasteiger partial charge in [0.1, 0.15) is 36.6 Å². The molecule has 8 N–H and O–H groups in total. The molecule has 1 amide bonds. The van der Waals surface area contributed by atoms with Crippen LogP contribution in [0.15, 0.2) is 36.5 Å². The van der Waals surface area contributed by atoms with Crippen LogP contribution in [-0.4, -0.2) is 110 Å². The standard InChI is InChI=1S/C48H89NO10/c1-3-5-7-9-11-13-15-16-17-18-19-20-21-22-23-24-25-26-28-29-31-33-35-40(51)43(53)39(38-58-48-46(56)45(55)44(54)42(37-50)59-48)49-47(57)41(52)36-34-32-30-27-14-12-10-8-6-4-2/h10,12,23-24,28-29,39-46,48,50-56H,3-9,11,13-22,25-27,30-38H2,1-2H3,(H,49,57)/b12-10-,24-23+,29-28+. The minimum absolute atomic E-state index is 0.235. The zero-order valence-corrected chi connectivity index (χ0v) is 37.2. The molecule has 0 bridgehead atoms. The van der Waals surface area contributed by atoms with Gasteiger partial charge >= 0.3 is 0 Å². The number of carbonyl (C=O) groups excluding carboxylic acids is 1. The molecule has 0 saturated carbocycles. The zero-order valence-electron chi connectivity index (χ0n) is 37.2. The number of rotatable bonds is 39. The zero-order chi connectivity index (χ0) is 43.4. The minimum Gasteiger partial charge on any atom is -0.394 e. The topological polar surface area (TPSA) is 189 Å². The van der Waals surface area contributed by atoms with Gasteiger partial charge in [0.05, 0.1) is 25.4 Å². The van der Waals surface area contributed by atoms with Crippen molar-refractivity contribution in [1.29, 1.82) is 0 Å². The summed E-state index contributed by atoms with van der Waals surface area (Å²) in [5.41, 5.74) is 0. The molecular weight excluding hydrogens is 751 g/mol. The largest absolute Gasteiger partial charge is 0.394 e. The van der Waals surface area contributed by atoms with Crippen LogP contribution in [0, 0.1) is 0 Å². The Bertz CT molecular complexity index is 1050. The van der Waals surface area contributed by atoms with Gasteiger partial charge in [0.2, 0.25) is 5.91 Å². The van der Waals surface area contributed by atoms with Gasteiger partial charge in [-0.1, -0.05) is 159 Å². The summed E-state index contributed by atoms with van der Waals surface area (Å²) < 4.78 is 11.1. The van der Waals surface area contributed by atoms with Crippen molar-refractivity contribution < 1.29 is 50.0 Å². The quantitative estimate of drug-likeness (QED) is 0.0223. The predicted octanol–water partition coefficient (Wildman–Crippen LogP) is 8.00. The van der Waals surface area contributed by atoms with Gasteiger partial charge < -0.3 is 50.5 Å². The SMILES string of the molecule is CCCC/C=C\CCCCCCC(O)C(=O)NC(COC1OC(CO)C(O)C(O)C1O)C(O)C(O)CCC/C=C/CC/C=C/CCCCCCCCCCCCCCC. The van der Waals surface area contributed by atoms with Crippen molar-refractivity contribution in [2.45, 2.75) is 249 Å². The van der Waals surface area contributed by atoms with Gasteiger partial charge in [-0.05, 0) is 70.6 Å². The maximum Gasteiger partial charge on any atom is 0.249 e. The Hall–Kier alpha value is -1.67. The van der Waals surface area contributed by atoms with Crippen LogP contribution in [0.3, 0.4) is 0 Å². The average Bonchev–Trinajstić information content (AvgIpc) is 3.23. The van der Waals surface area contributed by atoms with Crippen molar-refractivity contribution >= 4 is 5.91 Å². The molecule has 1 aliphatic heterocycles. The van der Waals surface area contributed by atoms with Gasteiger partial charge in [-0.15, -0.1) is 0 Å². The van der Waals surface area contributed by atoms with Gasteiger partial charge in [0.15, 0.2) is 6.29 Å². The Kier molecular flexibility index (Phi) is 35.7. The summed E-state index contributed by atoms with van der Waals surface area (Å²) in [6.07, 6.45) is 32.2. The maximum absolute atomic E-state index is 13.0. The van der Waals surface area contributed by atoms with Crippen LogP contribution < -0.4 is 5.32 Å². The van der Waals surface area contributed by atoms with Crippen molar-refractivity contribution in [2.75, 3.05) is 13.2 Å². The predicted molar refractivity (Wildman–Crippen MR) is 238 cm³/mol. The molecule has 0 spiro atoms. The number of hydrogen-bond donors (Lipinski definition) is 8. The monoisotopic (exact) mass is 840 g/mol.